The largest absolute Gasteiger partial charge is 0.480 e. The molecule has 1 aliphatic rings. The van der Waals surface area contributed by atoms with E-state index >= 15 is 0 Å². The van der Waals surface area contributed by atoms with E-state index in [1.165, 1.54) is 12.8 Å². The van der Waals surface area contributed by atoms with Crippen molar-refractivity contribution < 1.29 is 9.90 Å². The Kier molecular flexibility index (Phi) is 3.51. The van der Waals surface area contributed by atoms with Gasteiger partial charge in [-0.05, 0) is 24.5 Å². The van der Waals surface area contributed by atoms with Gasteiger partial charge in [-0.2, -0.15) is 0 Å². The monoisotopic (exact) mass is 220 g/mol. The first kappa shape index (κ1) is 11.1. The molecular weight excluding hydrogens is 204 g/mol. The van der Waals surface area contributed by atoms with Crippen LogP contribution in [-0.4, -0.2) is 22.1 Å². The second-order valence-corrected chi connectivity index (χ2v) is 4.21. The molecule has 0 spiro atoms. The van der Waals surface area contributed by atoms with Crippen LogP contribution in [0.2, 0.25) is 0 Å². The molecule has 1 aromatic rings. The highest BCUT2D eigenvalue weighted by atomic mass is 16.4. The molecule has 1 aliphatic carbocycles. The van der Waals surface area contributed by atoms with Crippen LogP contribution in [-0.2, 0) is 4.79 Å². The van der Waals surface area contributed by atoms with Crippen LogP contribution in [0.4, 0.5) is 0 Å². The third-order valence-electron chi connectivity index (χ3n) is 3.02. The number of carboxylic acids is 1. The van der Waals surface area contributed by atoms with Crippen LogP contribution < -0.4 is 5.32 Å². The summed E-state index contributed by atoms with van der Waals surface area (Å²) in [6.07, 6.45) is 7.79. The summed E-state index contributed by atoms with van der Waals surface area (Å²) in [6, 6.07) is 3.27. The van der Waals surface area contributed by atoms with Gasteiger partial charge in [0.1, 0.15) is 6.04 Å². The quantitative estimate of drug-likeness (QED) is 0.811. The average molecular weight is 220 g/mol. The van der Waals surface area contributed by atoms with Crippen molar-refractivity contribution in [2.75, 3.05) is 0 Å². The Hall–Kier alpha value is -1.42. The molecule has 1 saturated carbocycles. The van der Waals surface area contributed by atoms with E-state index in [2.05, 4.69) is 10.3 Å². The zero-order valence-corrected chi connectivity index (χ0v) is 9.10. The lowest BCUT2D eigenvalue weighted by atomic mass is 10.1. The maximum atomic E-state index is 11.2. The molecule has 1 unspecified atom stereocenters. The number of hydrogen-bond donors (Lipinski definition) is 2. The maximum Gasteiger partial charge on any atom is 0.325 e. The second-order valence-electron chi connectivity index (χ2n) is 4.21. The molecule has 2 rings (SSSR count). The van der Waals surface area contributed by atoms with Gasteiger partial charge in [0.2, 0.25) is 0 Å². The molecule has 4 nitrogen and oxygen atoms in total. The summed E-state index contributed by atoms with van der Waals surface area (Å²) in [5, 5.41) is 12.4. The zero-order valence-electron chi connectivity index (χ0n) is 9.10. The highest BCUT2D eigenvalue weighted by molar-refractivity contribution is 5.75. The van der Waals surface area contributed by atoms with Gasteiger partial charge in [0.15, 0.2) is 0 Å². The second kappa shape index (κ2) is 5.07. The van der Waals surface area contributed by atoms with E-state index in [1.807, 2.05) is 0 Å². The molecule has 1 heterocycles. The molecule has 0 radical (unpaired) electrons. The van der Waals surface area contributed by atoms with Crippen molar-refractivity contribution in [3.63, 3.8) is 0 Å². The highest BCUT2D eigenvalue weighted by Gasteiger charge is 2.25. The lowest BCUT2D eigenvalue weighted by Gasteiger charge is -2.19. The standard InChI is InChI=1S/C12H16N2O2/c15-12(16)11(9-4-3-7-13-8-9)14-10-5-1-2-6-10/h3-4,7-8,10-11,14H,1-2,5-6H2,(H,15,16). The summed E-state index contributed by atoms with van der Waals surface area (Å²) in [5.41, 5.74) is 0.724. The van der Waals surface area contributed by atoms with Crippen molar-refractivity contribution >= 4 is 5.97 Å². The number of hydrogen-bond acceptors (Lipinski definition) is 3. The van der Waals surface area contributed by atoms with Gasteiger partial charge in [0, 0.05) is 18.4 Å². The summed E-state index contributed by atoms with van der Waals surface area (Å²) in [6.45, 7) is 0. The number of carbonyl (C=O) groups is 1. The van der Waals surface area contributed by atoms with Gasteiger partial charge in [-0.15, -0.1) is 0 Å². The van der Waals surface area contributed by atoms with Gasteiger partial charge in [-0.25, -0.2) is 0 Å². The van der Waals surface area contributed by atoms with E-state index in [0.29, 0.717) is 6.04 Å². The highest BCUT2D eigenvalue weighted by Crippen LogP contribution is 2.22. The number of aromatic nitrogens is 1. The van der Waals surface area contributed by atoms with Gasteiger partial charge in [0.25, 0.3) is 0 Å². The van der Waals surface area contributed by atoms with Gasteiger partial charge in [-0.3, -0.25) is 15.1 Å². The fraction of sp³-hybridized carbons (Fsp3) is 0.500. The number of carboxylic acid groups (broad SMARTS) is 1. The van der Waals surface area contributed by atoms with Crippen LogP contribution in [0.1, 0.15) is 37.3 Å². The van der Waals surface area contributed by atoms with Gasteiger partial charge in [0.05, 0.1) is 0 Å². The zero-order chi connectivity index (χ0) is 11.4. The first-order chi connectivity index (χ1) is 7.77. The molecule has 86 valence electrons. The predicted octanol–water partition coefficient (Wildman–Crippen LogP) is 1.74. The summed E-state index contributed by atoms with van der Waals surface area (Å²) in [4.78, 5) is 15.2. The lowest BCUT2D eigenvalue weighted by molar-refractivity contribution is -0.139. The van der Waals surface area contributed by atoms with Crippen molar-refractivity contribution in [1.29, 1.82) is 0 Å². The molecule has 0 bridgehead atoms. The average Bonchev–Trinajstić information content (AvgIpc) is 2.79. The Morgan fingerprint density at radius 1 is 1.50 bits per heavy atom. The van der Waals surface area contributed by atoms with Crippen LogP contribution in [0, 0.1) is 0 Å². The Morgan fingerprint density at radius 3 is 2.81 bits per heavy atom. The molecule has 1 aromatic heterocycles. The van der Waals surface area contributed by atoms with E-state index in [4.69, 9.17) is 0 Å². The first-order valence-electron chi connectivity index (χ1n) is 5.66. The summed E-state index contributed by atoms with van der Waals surface area (Å²) >= 11 is 0. The molecule has 0 saturated heterocycles. The minimum absolute atomic E-state index is 0.335. The van der Waals surface area contributed by atoms with Crippen LogP contribution in [0.15, 0.2) is 24.5 Å². The van der Waals surface area contributed by atoms with Crippen molar-refractivity contribution in [2.45, 2.75) is 37.8 Å². The summed E-state index contributed by atoms with van der Waals surface area (Å²) < 4.78 is 0. The normalized spacial score (nSPS) is 18.5. The SMILES string of the molecule is O=C(O)C(NC1CCCC1)c1cccnc1. The number of nitrogens with one attached hydrogen (secondary N) is 1. The lowest BCUT2D eigenvalue weighted by Crippen LogP contribution is -2.35. The molecule has 0 aromatic carbocycles. The van der Waals surface area contributed by atoms with Crippen molar-refractivity contribution in [1.82, 2.24) is 10.3 Å². The molecule has 0 amide bonds. The molecule has 2 N–H and O–H groups in total. The van der Waals surface area contributed by atoms with Crippen molar-refractivity contribution in [2.24, 2.45) is 0 Å². The number of rotatable bonds is 4. The fourth-order valence-corrected chi connectivity index (χ4v) is 2.18. The minimum atomic E-state index is -0.833. The molecule has 1 atom stereocenters. The summed E-state index contributed by atoms with van der Waals surface area (Å²) in [5.74, 6) is -0.833. The topological polar surface area (TPSA) is 62.2 Å². The maximum absolute atomic E-state index is 11.2. The third kappa shape index (κ3) is 2.58. The van der Waals surface area contributed by atoms with Gasteiger partial charge in [-0.1, -0.05) is 18.9 Å². The summed E-state index contributed by atoms with van der Waals surface area (Å²) in [7, 11) is 0. The first-order valence-corrected chi connectivity index (χ1v) is 5.66. The Balaban J connectivity index is 2.08. The smallest absolute Gasteiger partial charge is 0.325 e. The van der Waals surface area contributed by atoms with Gasteiger partial charge >= 0.3 is 5.97 Å². The van der Waals surface area contributed by atoms with Crippen LogP contribution in [0.25, 0.3) is 0 Å². The molecule has 4 heteroatoms. The van der Waals surface area contributed by atoms with E-state index in [0.717, 1.165) is 18.4 Å². The Bertz CT molecular complexity index is 347. The predicted molar refractivity (Wildman–Crippen MR) is 60.0 cm³/mol. The Morgan fingerprint density at radius 2 is 2.25 bits per heavy atom. The number of aliphatic carboxylic acids is 1. The molecule has 0 aliphatic heterocycles. The van der Waals surface area contributed by atoms with Crippen molar-refractivity contribution in [3.05, 3.63) is 30.1 Å². The van der Waals surface area contributed by atoms with E-state index in [1.54, 1.807) is 24.5 Å². The molecular formula is C12H16N2O2. The van der Waals surface area contributed by atoms with Crippen LogP contribution in [0.5, 0.6) is 0 Å². The molecule has 16 heavy (non-hydrogen) atoms. The van der Waals surface area contributed by atoms with Gasteiger partial charge < -0.3 is 5.11 Å². The van der Waals surface area contributed by atoms with Crippen LogP contribution in [0.3, 0.4) is 0 Å². The minimum Gasteiger partial charge on any atom is -0.480 e. The van der Waals surface area contributed by atoms with Crippen LogP contribution >= 0.6 is 0 Å². The van der Waals surface area contributed by atoms with E-state index in [9.17, 15) is 9.90 Å². The van der Waals surface area contributed by atoms with E-state index in [-0.39, 0.29) is 0 Å². The third-order valence-corrected chi connectivity index (χ3v) is 3.02. The van der Waals surface area contributed by atoms with E-state index < -0.39 is 12.0 Å². The molecule has 1 fully saturated rings. The number of pyridine rings is 1. The Labute approximate surface area is 94.7 Å². The van der Waals surface area contributed by atoms with Crippen molar-refractivity contribution in [3.8, 4) is 0 Å². The number of nitrogens with zero attached hydrogens (tertiary/aromatic N) is 1. The fourth-order valence-electron chi connectivity index (χ4n) is 2.18.